The predicted molar refractivity (Wildman–Crippen MR) is 81.2 cm³/mol. The molecule has 0 radical (unpaired) electrons. The monoisotopic (exact) mass is 300 g/mol. The van der Waals surface area contributed by atoms with E-state index in [0.29, 0.717) is 10.7 Å². The molecule has 1 aromatic carbocycles. The maximum absolute atomic E-state index is 11.0. The van der Waals surface area contributed by atoms with Crippen molar-refractivity contribution in [1.82, 2.24) is 0 Å². The van der Waals surface area contributed by atoms with E-state index in [1.165, 1.54) is 6.07 Å². The highest BCUT2D eigenvalue weighted by Gasteiger charge is 2.29. The van der Waals surface area contributed by atoms with Crippen molar-refractivity contribution in [2.45, 2.75) is 26.3 Å². The first-order valence-electron chi connectivity index (χ1n) is 6.16. The van der Waals surface area contributed by atoms with Crippen molar-refractivity contribution < 1.29 is 4.92 Å². The van der Waals surface area contributed by atoms with Crippen LogP contribution in [0.4, 0.5) is 11.4 Å². The van der Waals surface area contributed by atoms with E-state index in [9.17, 15) is 10.1 Å². The Balaban J connectivity index is 2.17. The summed E-state index contributed by atoms with van der Waals surface area (Å²) in [5.74, 6) is 2.11. The van der Waals surface area contributed by atoms with Gasteiger partial charge in [-0.15, -0.1) is 0 Å². The number of hydrogen-bond donors (Lipinski definition) is 1. The standard InChI is InChI=1S/C13H17ClN2O2S/c1-13(2)6-10(7-19-8-13)15-11-4-3-9(14)5-12(11)16(17)18/h3-5,10,15H,6-8H2,1-2H3. The summed E-state index contributed by atoms with van der Waals surface area (Å²) in [6.07, 6.45) is 1.01. The first-order valence-corrected chi connectivity index (χ1v) is 7.69. The average Bonchev–Trinajstić information content (AvgIpc) is 2.30. The number of anilines is 1. The molecule has 0 aliphatic carbocycles. The molecule has 6 heteroatoms. The van der Waals surface area contributed by atoms with E-state index < -0.39 is 4.92 Å². The minimum Gasteiger partial charge on any atom is -0.376 e. The van der Waals surface area contributed by atoms with Gasteiger partial charge in [-0.25, -0.2) is 0 Å². The summed E-state index contributed by atoms with van der Waals surface area (Å²) in [5, 5.41) is 14.7. The van der Waals surface area contributed by atoms with E-state index in [4.69, 9.17) is 11.6 Å². The van der Waals surface area contributed by atoms with Gasteiger partial charge in [0.15, 0.2) is 0 Å². The van der Waals surface area contributed by atoms with Crippen molar-refractivity contribution in [2.24, 2.45) is 5.41 Å². The van der Waals surface area contributed by atoms with Crippen LogP contribution in [0.5, 0.6) is 0 Å². The van der Waals surface area contributed by atoms with Crippen LogP contribution >= 0.6 is 23.4 Å². The first-order chi connectivity index (χ1) is 8.87. The lowest BCUT2D eigenvalue weighted by molar-refractivity contribution is -0.384. The van der Waals surface area contributed by atoms with E-state index in [0.717, 1.165) is 17.9 Å². The lowest BCUT2D eigenvalue weighted by Gasteiger charge is -2.35. The molecule has 2 rings (SSSR count). The zero-order chi connectivity index (χ0) is 14.0. The van der Waals surface area contributed by atoms with Crippen molar-refractivity contribution in [3.63, 3.8) is 0 Å². The fourth-order valence-electron chi connectivity index (χ4n) is 2.35. The number of hydrogen-bond acceptors (Lipinski definition) is 4. The molecule has 19 heavy (non-hydrogen) atoms. The lowest BCUT2D eigenvalue weighted by atomic mass is 9.87. The van der Waals surface area contributed by atoms with Gasteiger partial charge in [0.2, 0.25) is 0 Å². The van der Waals surface area contributed by atoms with E-state index in [1.54, 1.807) is 12.1 Å². The maximum atomic E-state index is 11.0. The second kappa shape index (κ2) is 5.59. The van der Waals surface area contributed by atoms with Crippen molar-refractivity contribution in [3.05, 3.63) is 33.3 Å². The Morgan fingerprint density at radius 2 is 2.26 bits per heavy atom. The van der Waals surface area contributed by atoms with Gasteiger partial charge in [-0.1, -0.05) is 25.4 Å². The summed E-state index contributed by atoms with van der Waals surface area (Å²) >= 11 is 7.70. The quantitative estimate of drug-likeness (QED) is 0.671. The molecular weight excluding hydrogens is 284 g/mol. The summed E-state index contributed by atoms with van der Waals surface area (Å²) in [5.41, 5.74) is 0.862. The van der Waals surface area contributed by atoms with Gasteiger partial charge in [0.1, 0.15) is 5.69 Å². The number of thioether (sulfide) groups is 1. The second-order valence-electron chi connectivity index (χ2n) is 5.64. The van der Waals surface area contributed by atoms with Crippen LogP contribution in [0.1, 0.15) is 20.3 Å². The number of nitrogens with zero attached hydrogens (tertiary/aromatic N) is 1. The predicted octanol–water partition coefficient (Wildman–Crippen LogP) is 4.19. The molecule has 1 fully saturated rings. The van der Waals surface area contributed by atoms with E-state index in [-0.39, 0.29) is 17.1 Å². The minimum atomic E-state index is -0.394. The number of benzene rings is 1. The summed E-state index contributed by atoms with van der Waals surface area (Å²) in [7, 11) is 0. The van der Waals surface area contributed by atoms with Crippen molar-refractivity contribution in [3.8, 4) is 0 Å². The van der Waals surface area contributed by atoms with Crippen LogP contribution in [0.3, 0.4) is 0 Å². The van der Waals surface area contributed by atoms with Gasteiger partial charge in [0.05, 0.1) is 4.92 Å². The Kier molecular flexibility index (Phi) is 4.26. The number of nitrogens with one attached hydrogen (secondary N) is 1. The fourth-order valence-corrected chi connectivity index (χ4v) is 3.79. The third-order valence-electron chi connectivity index (χ3n) is 3.13. The van der Waals surface area contributed by atoms with Crippen LogP contribution in [-0.2, 0) is 0 Å². The normalized spacial score (nSPS) is 21.9. The third-order valence-corrected chi connectivity index (χ3v) is 4.99. The molecule has 1 atom stereocenters. The molecule has 1 heterocycles. The van der Waals surface area contributed by atoms with Crippen LogP contribution < -0.4 is 5.32 Å². The van der Waals surface area contributed by atoms with Crippen LogP contribution in [0.2, 0.25) is 5.02 Å². The molecule has 4 nitrogen and oxygen atoms in total. The van der Waals surface area contributed by atoms with Gasteiger partial charge in [-0.3, -0.25) is 10.1 Å². The Bertz CT molecular complexity index is 494. The van der Waals surface area contributed by atoms with Crippen LogP contribution in [0.15, 0.2) is 18.2 Å². The highest BCUT2D eigenvalue weighted by atomic mass is 35.5. The minimum absolute atomic E-state index is 0.0425. The van der Waals surface area contributed by atoms with Crippen LogP contribution in [0, 0.1) is 15.5 Å². The van der Waals surface area contributed by atoms with Gasteiger partial charge in [-0.05, 0) is 29.7 Å². The van der Waals surface area contributed by atoms with Gasteiger partial charge in [0.25, 0.3) is 5.69 Å². The zero-order valence-corrected chi connectivity index (χ0v) is 12.6. The Morgan fingerprint density at radius 3 is 2.89 bits per heavy atom. The van der Waals surface area contributed by atoms with Gasteiger partial charge < -0.3 is 5.32 Å². The number of rotatable bonds is 3. The molecule has 0 saturated carbocycles. The molecule has 1 aliphatic rings. The molecule has 0 spiro atoms. The van der Waals surface area contributed by atoms with E-state index in [1.807, 2.05) is 11.8 Å². The molecule has 1 aromatic rings. The summed E-state index contributed by atoms with van der Waals surface area (Å²) in [6.45, 7) is 4.45. The Labute approximate surface area is 122 Å². The number of nitro benzene ring substituents is 1. The van der Waals surface area contributed by atoms with Crippen LogP contribution in [0.25, 0.3) is 0 Å². The lowest BCUT2D eigenvalue weighted by Crippen LogP contribution is -2.35. The van der Waals surface area contributed by atoms with Crippen molar-refractivity contribution >= 4 is 34.7 Å². The third kappa shape index (κ3) is 3.76. The molecule has 1 saturated heterocycles. The van der Waals surface area contributed by atoms with E-state index in [2.05, 4.69) is 19.2 Å². The molecule has 1 N–H and O–H groups in total. The van der Waals surface area contributed by atoms with Crippen LogP contribution in [-0.4, -0.2) is 22.5 Å². The fraction of sp³-hybridized carbons (Fsp3) is 0.538. The highest BCUT2D eigenvalue weighted by Crippen LogP contribution is 2.36. The van der Waals surface area contributed by atoms with Crippen molar-refractivity contribution in [2.75, 3.05) is 16.8 Å². The topological polar surface area (TPSA) is 55.2 Å². The molecule has 1 aliphatic heterocycles. The maximum Gasteiger partial charge on any atom is 0.293 e. The summed E-state index contributed by atoms with van der Waals surface area (Å²) in [6, 6.07) is 5.02. The zero-order valence-electron chi connectivity index (χ0n) is 11.0. The SMILES string of the molecule is CC1(C)CSCC(Nc2ccc(Cl)cc2[N+](=O)[O-])C1. The van der Waals surface area contributed by atoms with Gasteiger partial charge >= 0.3 is 0 Å². The first kappa shape index (κ1) is 14.5. The Hall–Kier alpha value is -0.940. The number of halogens is 1. The molecule has 1 unspecified atom stereocenters. The van der Waals surface area contributed by atoms with Crippen molar-refractivity contribution in [1.29, 1.82) is 0 Å². The molecular formula is C13H17ClN2O2S. The van der Waals surface area contributed by atoms with Gasteiger partial charge in [0, 0.05) is 22.9 Å². The van der Waals surface area contributed by atoms with E-state index >= 15 is 0 Å². The van der Waals surface area contributed by atoms with Gasteiger partial charge in [-0.2, -0.15) is 11.8 Å². The summed E-state index contributed by atoms with van der Waals surface area (Å²) < 4.78 is 0. The average molecular weight is 301 g/mol. The summed E-state index contributed by atoms with van der Waals surface area (Å²) in [4.78, 5) is 10.7. The highest BCUT2D eigenvalue weighted by molar-refractivity contribution is 7.99. The smallest absolute Gasteiger partial charge is 0.293 e. The molecule has 0 amide bonds. The molecule has 0 bridgehead atoms. The molecule has 0 aromatic heterocycles. The number of nitro groups is 1. The largest absolute Gasteiger partial charge is 0.376 e. The second-order valence-corrected chi connectivity index (χ2v) is 7.11. The molecule has 104 valence electrons. The Morgan fingerprint density at radius 1 is 1.53 bits per heavy atom.